The summed E-state index contributed by atoms with van der Waals surface area (Å²) in [5.74, 6) is 0.849. The molecule has 4 heteroatoms. The molecule has 0 aromatic carbocycles. The van der Waals surface area contributed by atoms with Gasteiger partial charge in [-0.1, -0.05) is 0 Å². The molecule has 0 aliphatic heterocycles. The molecule has 19 heavy (non-hydrogen) atoms. The van der Waals surface area contributed by atoms with E-state index in [1.165, 1.54) is 0 Å². The van der Waals surface area contributed by atoms with Crippen LogP contribution in [0.5, 0.6) is 0 Å². The number of Topliss-reactive ketones (excluding diaryl/α,β-unsaturated/α-hetero) is 1. The molecule has 2 aliphatic rings. The standard InChI is InChI=1S/C15H23NO2Se/c1-9(17)11(6-8-16)19-12-10-5-7-15(4,13(12)18)14(10,2)3/h9-12,17H,5-7H2,1-4H3/t9?,10-,11?,12+,15+/m1/s1. The van der Waals surface area contributed by atoms with Crippen LogP contribution in [0.4, 0.5) is 0 Å². The van der Waals surface area contributed by atoms with E-state index in [1.54, 1.807) is 6.92 Å². The number of aliphatic hydroxyl groups is 1. The van der Waals surface area contributed by atoms with Gasteiger partial charge in [0.1, 0.15) is 0 Å². The molecular weight excluding hydrogens is 305 g/mol. The topological polar surface area (TPSA) is 61.1 Å². The number of hydrogen-bond acceptors (Lipinski definition) is 3. The van der Waals surface area contributed by atoms with E-state index in [9.17, 15) is 9.90 Å². The third-order valence-corrected chi connectivity index (χ3v) is 9.29. The van der Waals surface area contributed by atoms with Gasteiger partial charge in [-0.2, -0.15) is 0 Å². The van der Waals surface area contributed by atoms with Gasteiger partial charge < -0.3 is 0 Å². The monoisotopic (exact) mass is 329 g/mol. The van der Waals surface area contributed by atoms with Crippen molar-refractivity contribution in [3.05, 3.63) is 0 Å². The normalized spacial score (nSPS) is 39.1. The number of carbonyl (C=O) groups is 1. The fraction of sp³-hybridized carbons (Fsp3) is 0.867. The summed E-state index contributed by atoms with van der Waals surface area (Å²) < 4.78 is 0. The van der Waals surface area contributed by atoms with Crippen LogP contribution >= 0.6 is 0 Å². The molecule has 2 fully saturated rings. The Bertz CT molecular complexity index is 426. The number of rotatable bonds is 4. The van der Waals surface area contributed by atoms with Crippen LogP contribution in [0.3, 0.4) is 0 Å². The van der Waals surface area contributed by atoms with E-state index in [0.717, 1.165) is 12.8 Å². The van der Waals surface area contributed by atoms with E-state index in [0.29, 0.717) is 18.1 Å². The zero-order valence-electron chi connectivity index (χ0n) is 12.1. The molecule has 2 bridgehead atoms. The first-order chi connectivity index (χ1) is 8.75. The Hall–Kier alpha value is -0.361. The summed E-state index contributed by atoms with van der Waals surface area (Å²) in [4.78, 5) is 12.8. The molecule has 0 aromatic heterocycles. The van der Waals surface area contributed by atoms with Crippen LogP contribution in [-0.4, -0.2) is 32.0 Å². The number of nitriles is 1. The molecular formula is C15H23NO2Se. The fourth-order valence-corrected chi connectivity index (χ4v) is 7.60. The van der Waals surface area contributed by atoms with Crippen LogP contribution in [0, 0.1) is 28.1 Å². The van der Waals surface area contributed by atoms with E-state index in [2.05, 4.69) is 26.8 Å². The number of ketones is 1. The Balaban J connectivity index is 2.20. The molecule has 3 nitrogen and oxygen atoms in total. The molecule has 2 aliphatic carbocycles. The zero-order chi connectivity index (χ0) is 14.4. The SMILES string of the molecule is CC(O)C(CC#N)[Se][C@@H]1C(=O)[C@]2(C)CC[C@H]1C2(C)C. The van der Waals surface area contributed by atoms with Gasteiger partial charge in [-0.3, -0.25) is 0 Å². The van der Waals surface area contributed by atoms with Crippen LogP contribution in [0.25, 0.3) is 0 Å². The molecule has 0 aromatic rings. The van der Waals surface area contributed by atoms with Gasteiger partial charge in [0.2, 0.25) is 0 Å². The summed E-state index contributed by atoms with van der Waals surface area (Å²) in [6.45, 7) is 8.31. The molecule has 5 atom stereocenters. The molecule has 0 heterocycles. The predicted octanol–water partition coefficient (Wildman–Crippen LogP) is 2.59. The van der Waals surface area contributed by atoms with Gasteiger partial charge in [-0.25, -0.2) is 0 Å². The Morgan fingerprint density at radius 1 is 1.53 bits per heavy atom. The van der Waals surface area contributed by atoms with E-state index >= 15 is 0 Å². The van der Waals surface area contributed by atoms with Crippen LogP contribution < -0.4 is 0 Å². The Labute approximate surface area is 121 Å². The predicted molar refractivity (Wildman–Crippen MR) is 74.8 cm³/mol. The first-order valence-electron chi connectivity index (χ1n) is 7.00. The minimum atomic E-state index is -0.484. The third-order valence-electron chi connectivity index (χ3n) is 5.62. The molecule has 2 saturated carbocycles. The average Bonchev–Trinajstić information content (AvgIpc) is 2.62. The first kappa shape index (κ1) is 15.0. The molecule has 0 spiro atoms. The number of fused-ring (bicyclic) bond motifs is 2. The van der Waals surface area contributed by atoms with Crippen molar-refractivity contribution < 1.29 is 9.90 Å². The second kappa shape index (κ2) is 4.88. The van der Waals surface area contributed by atoms with Crippen molar-refractivity contribution in [3.63, 3.8) is 0 Å². The fourth-order valence-electron chi connectivity index (χ4n) is 3.77. The summed E-state index contributed by atoms with van der Waals surface area (Å²) in [5, 5.41) is 18.7. The van der Waals surface area contributed by atoms with Crippen molar-refractivity contribution in [1.82, 2.24) is 0 Å². The minimum absolute atomic E-state index is 0.00907. The van der Waals surface area contributed by atoms with Crippen LogP contribution in [-0.2, 0) is 4.79 Å². The molecule has 0 amide bonds. The first-order valence-corrected chi connectivity index (χ1v) is 8.98. The van der Waals surface area contributed by atoms with Crippen molar-refractivity contribution in [2.24, 2.45) is 16.7 Å². The van der Waals surface area contributed by atoms with Gasteiger partial charge in [-0.15, -0.1) is 0 Å². The molecule has 0 radical (unpaired) electrons. The van der Waals surface area contributed by atoms with E-state index in [4.69, 9.17) is 5.26 Å². The van der Waals surface area contributed by atoms with Crippen molar-refractivity contribution in [1.29, 1.82) is 5.26 Å². The van der Waals surface area contributed by atoms with Crippen molar-refractivity contribution in [2.45, 2.75) is 62.7 Å². The number of nitrogens with zero attached hydrogens (tertiary/aromatic N) is 1. The van der Waals surface area contributed by atoms with Gasteiger partial charge >= 0.3 is 121 Å². The molecule has 106 valence electrons. The van der Waals surface area contributed by atoms with Gasteiger partial charge in [-0.05, 0) is 0 Å². The summed E-state index contributed by atoms with van der Waals surface area (Å²) in [6.07, 6.45) is 2.02. The maximum absolute atomic E-state index is 12.7. The Kier molecular flexibility index (Phi) is 3.86. The summed E-state index contributed by atoms with van der Waals surface area (Å²) in [5.41, 5.74) is -0.105. The Morgan fingerprint density at radius 2 is 2.16 bits per heavy atom. The van der Waals surface area contributed by atoms with Gasteiger partial charge in [0, 0.05) is 0 Å². The molecule has 0 saturated heterocycles. The van der Waals surface area contributed by atoms with E-state index in [-0.39, 0.29) is 35.4 Å². The summed E-state index contributed by atoms with van der Waals surface area (Å²) in [7, 11) is 0. The molecule has 1 N–H and O–H groups in total. The van der Waals surface area contributed by atoms with Gasteiger partial charge in [0.05, 0.1) is 0 Å². The second-order valence-electron chi connectivity index (χ2n) is 6.76. The van der Waals surface area contributed by atoms with Crippen molar-refractivity contribution >= 4 is 20.7 Å². The Morgan fingerprint density at radius 3 is 2.58 bits per heavy atom. The van der Waals surface area contributed by atoms with E-state index < -0.39 is 6.10 Å². The van der Waals surface area contributed by atoms with Crippen molar-refractivity contribution in [3.8, 4) is 6.07 Å². The number of hydrogen-bond donors (Lipinski definition) is 1. The maximum atomic E-state index is 12.7. The quantitative estimate of drug-likeness (QED) is 0.807. The van der Waals surface area contributed by atoms with Crippen LogP contribution in [0.1, 0.15) is 47.0 Å². The third kappa shape index (κ3) is 2.07. The van der Waals surface area contributed by atoms with Crippen LogP contribution in [0.2, 0.25) is 9.63 Å². The second-order valence-corrected chi connectivity index (χ2v) is 9.67. The molecule has 2 unspecified atom stereocenters. The zero-order valence-corrected chi connectivity index (χ0v) is 13.9. The van der Waals surface area contributed by atoms with Gasteiger partial charge in [0.15, 0.2) is 0 Å². The number of carbonyl (C=O) groups excluding carboxylic acids is 1. The van der Waals surface area contributed by atoms with E-state index in [1.807, 2.05) is 0 Å². The van der Waals surface area contributed by atoms with Crippen LogP contribution in [0.15, 0.2) is 0 Å². The summed E-state index contributed by atoms with van der Waals surface area (Å²) >= 11 is 0.0289. The average molecular weight is 328 g/mol. The van der Waals surface area contributed by atoms with Gasteiger partial charge in [0.25, 0.3) is 0 Å². The molecule has 2 rings (SSSR count). The summed E-state index contributed by atoms with van der Waals surface area (Å²) in [6, 6.07) is 2.16. The van der Waals surface area contributed by atoms with Crippen molar-refractivity contribution in [2.75, 3.05) is 0 Å². The number of aliphatic hydroxyl groups excluding tert-OH is 1.